The third kappa shape index (κ3) is 3.15. The van der Waals surface area contributed by atoms with Gasteiger partial charge in [0.25, 0.3) is 0 Å². The van der Waals surface area contributed by atoms with Gasteiger partial charge in [0.1, 0.15) is 0 Å². The van der Waals surface area contributed by atoms with Crippen LogP contribution in [0.4, 0.5) is 0 Å². The lowest BCUT2D eigenvalue weighted by atomic mass is 9.92. The van der Waals surface area contributed by atoms with Crippen LogP contribution in [-0.2, 0) is 0 Å². The Bertz CT molecular complexity index is 1570. The number of aromatic nitrogens is 3. The predicted molar refractivity (Wildman–Crippen MR) is 132 cm³/mol. The molecule has 6 aromatic rings. The fourth-order valence-corrected chi connectivity index (χ4v) is 4.37. The molecular weight excluding hydrogens is 414 g/mol. The molecule has 0 aliphatic heterocycles. The second kappa shape index (κ2) is 7.63. The van der Waals surface area contributed by atoms with Crippen molar-refractivity contribution in [2.24, 2.45) is 0 Å². The van der Waals surface area contributed by atoms with E-state index in [4.69, 9.17) is 21.7 Å². The molecule has 4 aromatic carbocycles. The lowest BCUT2D eigenvalue weighted by molar-refractivity contribution is 0.967. The van der Waals surface area contributed by atoms with E-state index in [-0.39, 0.29) is 0 Å². The highest BCUT2D eigenvalue weighted by atomic mass is 35.5. The molecule has 0 aliphatic rings. The van der Waals surface area contributed by atoms with Gasteiger partial charge in [-0.3, -0.25) is 0 Å². The summed E-state index contributed by atoms with van der Waals surface area (Å²) in [5.74, 6) is 0.680. The molecule has 4 heteroatoms. The zero-order valence-electron chi connectivity index (χ0n) is 17.1. The fraction of sp³-hybridized carbons (Fsp3) is 0. The second-order valence-electron chi connectivity index (χ2n) is 7.70. The molecule has 2 aromatic heterocycles. The summed E-state index contributed by atoms with van der Waals surface area (Å²) in [6.07, 6.45) is 1.94. The summed E-state index contributed by atoms with van der Waals surface area (Å²) < 4.78 is 1.85. The van der Waals surface area contributed by atoms with Crippen LogP contribution in [0.15, 0.2) is 109 Å². The number of benzene rings is 4. The molecule has 0 fully saturated rings. The first-order valence-electron chi connectivity index (χ1n) is 10.5. The topological polar surface area (TPSA) is 30.2 Å². The minimum absolute atomic E-state index is 0.680. The summed E-state index contributed by atoms with van der Waals surface area (Å²) in [6.45, 7) is 0. The van der Waals surface area contributed by atoms with E-state index in [9.17, 15) is 0 Å². The number of halogens is 1. The normalized spacial score (nSPS) is 11.3. The van der Waals surface area contributed by atoms with Gasteiger partial charge in [0, 0.05) is 22.3 Å². The van der Waals surface area contributed by atoms with E-state index >= 15 is 0 Å². The summed E-state index contributed by atoms with van der Waals surface area (Å²) in [6, 6.07) is 35.2. The lowest BCUT2D eigenvalue weighted by Crippen LogP contribution is -1.91. The summed E-state index contributed by atoms with van der Waals surface area (Å²) in [5.41, 5.74) is 6.39. The fourth-order valence-electron chi connectivity index (χ4n) is 4.24. The van der Waals surface area contributed by atoms with Gasteiger partial charge in [-0.15, -0.1) is 5.10 Å². The van der Waals surface area contributed by atoms with E-state index in [1.807, 2.05) is 47.1 Å². The van der Waals surface area contributed by atoms with Crippen molar-refractivity contribution in [3.05, 3.63) is 114 Å². The molecule has 0 atom stereocenters. The van der Waals surface area contributed by atoms with Gasteiger partial charge in [-0.25, -0.2) is 9.50 Å². The summed E-state index contributed by atoms with van der Waals surface area (Å²) in [7, 11) is 0. The molecule has 0 bridgehead atoms. The van der Waals surface area contributed by atoms with Crippen LogP contribution in [0.1, 0.15) is 0 Å². The second-order valence-corrected chi connectivity index (χ2v) is 8.14. The van der Waals surface area contributed by atoms with E-state index < -0.39 is 0 Å². The predicted octanol–water partition coefficient (Wildman–Crippen LogP) is 7.54. The molecule has 0 unspecified atom stereocenters. The number of fused-ring (bicyclic) bond motifs is 2. The van der Waals surface area contributed by atoms with Crippen LogP contribution in [0.3, 0.4) is 0 Å². The average Bonchev–Trinajstić information content (AvgIpc) is 3.29. The first-order chi connectivity index (χ1) is 15.8. The van der Waals surface area contributed by atoms with Gasteiger partial charge in [-0.2, -0.15) is 0 Å². The minimum atomic E-state index is 0.680. The first kappa shape index (κ1) is 18.8. The molecule has 0 N–H and O–H groups in total. The van der Waals surface area contributed by atoms with Gasteiger partial charge in [-0.05, 0) is 63.9 Å². The Balaban J connectivity index is 1.56. The minimum Gasteiger partial charge on any atom is -0.220 e. The van der Waals surface area contributed by atoms with E-state index in [0.717, 1.165) is 22.3 Å². The van der Waals surface area contributed by atoms with E-state index in [1.165, 1.54) is 21.9 Å². The van der Waals surface area contributed by atoms with E-state index in [2.05, 4.69) is 66.7 Å². The van der Waals surface area contributed by atoms with Crippen LogP contribution in [0.5, 0.6) is 0 Å². The number of pyridine rings is 1. The van der Waals surface area contributed by atoms with Crippen molar-refractivity contribution in [3.8, 4) is 33.6 Å². The standard InChI is InChI=1S/C28H18ClN3/c29-21-14-12-20(13-15-21)27-30-28-26(11-6-18-32(28)31-27)25-17-16-22(19-7-2-1-3-8-19)23-9-4-5-10-24(23)25/h1-18H. The smallest absolute Gasteiger partial charge is 0.182 e. The van der Waals surface area contributed by atoms with Gasteiger partial charge in [0.05, 0.1) is 0 Å². The summed E-state index contributed by atoms with van der Waals surface area (Å²) >= 11 is 6.05. The quantitative estimate of drug-likeness (QED) is 0.289. The molecule has 6 rings (SSSR count). The molecule has 0 spiro atoms. The molecule has 152 valence electrons. The third-order valence-electron chi connectivity index (χ3n) is 5.76. The average molecular weight is 432 g/mol. The number of rotatable bonds is 3. The molecule has 0 amide bonds. The van der Waals surface area contributed by atoms with Gasteiger partial charge < -0.3 is 0 Å². The number of hydrogen-bond donors (Lipinski definition) is 0. The van der Waals surface area contributed by atoms with Gasteiger partial charge in [-0.1, -0.05) is 78.3 Å². The van der Waals surface area contributed by atoms with Crippen LogP contribution in [0, 0.1) is 0 Å². The van der Waals surface area contributed by atoms with Crippen LogP contribution >= 0.6 is 11.6 Å². The highest BCUT2D eigenvalue weighted by Gasteiger charge is 2.15. The molecule has 3 nitrogen and oxygen atoms in total. The van der Waals surface area contributed by atoms with E-state index in [1.54, 1.807) is 0 Å². The Kier molecular flexibility index (Phi) is 4.48. The summed E-state index contributed by atoms with van der Waals surface area (Å²) in [5, 5.41) is 7.81. The first-order valence-corrected chi connectivity index (χ1v) is 10.8. The zero-order chi connectivity index (χ0) is 21.5. The van der Waals surface area contributed by atoms with Crippen LogP contribution in [0.2, 0.25) is 5.02 Å². The monoisotopic (exact) mass is 431 g/mol. The number of nitrogens with zero attached hydrogens (tertiary/aromatic N) is 3. The van der Waals surface area contributed by atoms with Crippen molar-refractivity contribution in [2.45, 2.75) is 0 Å². The van der Waals surface area contributed by atoms with Gasteiger partial charge in [0.2, 0.25) is 0 Å². The summed E-state index contributed by atoms with van der Waals surface area (Å²) in [4.78, 5) is 4.89. The Morgan fingerprint density at radius 3 is 2.03 bits per heavy atom. The van der Waals surface area contributed by atoms with Crippen LogP contribution in [-0.4, -0.2) is 14.6 Å². The van der Waals surface area contributed by atoms with E-state index in [0.29, 0.717) is 10.8 Å². The van der Waals surface area contributed by atoms with Crippen LogP contribution < -0.4 is 0 Å². The Labute approximate surface area is 190 Å². The molecule has 32 heavy (non-hydrogen) atoms. The van der Waals surface area contributed by atoms with Crippen molar-refractivity contribution >= 4 is 28.0 Å². The maximum atomic E-state index is 6.05. The van der Waals surface area contributed by atoms with Crippen molar-refractivity contribution in [1.29, 1.82) is 0 Å². The molecule has 0 saturated heterocycles. The highest BCUT2D eigenvalue weighted by Crippen LogP contribution is 2.37. The third-order valence-corrected chi connectivity index (χ3v) is 6.02. The maximum absolute atomic E-state index is 6.05. The zero-order valence-corrected chi connectivity index (χ0v) is 17.9. The lowest BCUT2D eigenvalue weighted by Gasteiger charge is -2.12. The van der Waals surface area contributed by atoms with Crippen molar-refractivity contribution in [1.82, 2.24) is 14.6 Å². The molecule has 0 saturated carbocycles. The SMILES string of the molecule is Clc1ccc(-c2nc3c(-c4ccc(-c5ccccc5)c5ccccc45)cccn3n2)cc1. The molecule has 0 radical (unpaired) electrons. The number of hydrogen-bond acceptors (Lipinski definition) is 2. The maximum Gasteiger partial charge on any atom is 0.182 e. The van der Waals surface area contributed by atoms with Gasteiger partial charge in [0.15, 0.2) is 11.5 Å². The Morgan fingerprint density at radius 1 is 0.562 bits per heavy atom. The molecular formula is C28H18ClN3. The largest absolute Gasteiger partial charge is 0.220 e. The van der Waals surface area contributed by atoms with Crippen LogP contribution in [0.25, 0.3) is 50.1 Å². The Hall–Kier alpha value is -3.95. The van der Waals surface area contributed by atoms with Crippen molar-refractivity contribution in [3.63, 3.8) is 0 Å². The molecule has 2 heterocycles. The highest BCUT2D eigenvalue weighted by molar-refractivity contribution is 6.30. The van der Waals surface area contributed by atoms with Crippen molar-refractivity contribution < 1.29 is 0 Å². The van der Waals surface area contributed by atoms with Gasteiger partial charge >= 0.3 is 0 Å². The molecule has 0 aliphatic carbocycles. The van der Waals surface area contributed by atoms with Crippen molar-refractivity contribution in [2.75, 3.05) is 0 Å². The Morgan fingerprint density at radius 2 is 1.25 bits per heavy atom.